The van der Waals surface area contributed by atoms with Crippen LogP contribution in [0, 0.1) is 0 Å². The molecule has 0 aliphatic heterocycles. The third-order valence-electron chi connectivity index (χ3n) is 4.15. The normalized spacial score (nSPS) is 12.8. The molecule has 32 heavy (non-hydrogen) atoms. The highest BCUT2D eigenvalue weighted by Gasteiger charge is 2.23. The summed E-state index contributed by atoms with van der Waals surface area (Å²) < 4.78 is 32.3. The number of hydrogen-bond donors (Lipinski definition) is 2. The van der Waals surface area contributed by atoms with Gasteiger partial charge in [0.25, 0.3) is 0 Å². The quantitative estimate of drug-likeness (QED) is 0.528. The predicted molar refractivity (Wildman–Crippen MR) is 124 cm³/mol. The zero-order valence-corrected chi connectivity index (χ0v) is 19.6. The Morgan fingerprint density at radius 1 is 1.12 bits per heavy atom. The Morgan fingerprint density at radius 3 is 2.38 bits per heavy atom. The lowest BCUT2D eigenvalue weighted by Crippen LogP contribution is -2.35. The van der Waals surface area contributed by atoms with Gasteiger partial charge in [0.05, 0.1) is 10.9 Å². The number of aromatic nitrogens is 1. The number of nitrogens with two attached hydrogens (primary N) is 1. The van der Waals surface area contributed by atoms with Gasteiger partial charge in [0, 0.05) is 6.20 Å². The van der Waals surface area contributed by atoms with Crippen molar-refractivity contribution < 1.29 is 22.1 Å². The first-order valence-electron chi connectivity index (χ1n) is 9.80. The highest BCUT2D eigenvalue weighted by molar-refractivity contribution is 7.84. The number of nitrogens with zero attached hydrogens (tertiary/aromatic N) is 1. The number of carbonyl (C=O) groups is 1. The molecule has 1 aromatic heterocycles. The Morgan fingerprint density at radius 2 is 1.78 bits per heavy atom. The largest absolute Gasteiger partial charge is 0.444 e. The first kappa shape index (κ1) is 23.7. The van der Waals surface area contributed by atoms with Crippen molar-refractivity contribution in [1.82, 2.24) is 10.3 Å². The maximum absolute atomic E-state index is 12.5. The summed E-state index contributed by atoms with van der Waals surface area (Å²) in [7, 11) is -4.09. The Balaban J connectivity index is 1.83. The maximum atomic E-state index is 12.5. The number of nitrogens with one attached hydrogen (secondary N) is 1. The van der Waals surface area contributed by atoms with Gasteiger partial charge in [-0.25, -0.2) is 9.78 Å². The summed E-state index contributed by atoms with van der Waals surface area (Å²) >= 11 is 1.48. The fraction of sp³-hybridized carbons (Fsp3) is 0.273. The molecule has 0 saturated heterocycles. The van der Waals surface area contributed by atoms with Crippen molar-refractivity contribution in [3.05, 3.63) is 71.4 Å². The molecule has 3 rings (SSSR count). The van der Waals surface area contributed by atoms with Crippen molar-refractivity contribution in [2.75, 3.05) is 0 Å². The van der Waals surface area contributed by atoms with E-state index in [1.807, 2.05) is 30.3 Å². The minimum atomic E-state index is -4.09. The number of amides is 1. The molecular weight excluding hydrogens is 450 g/mol. The van der Waals surface area contributed by atoms with Crippen LogP contribution >= 0.6 is 11.3 Å². The highest BCUT2D eigenvalue weighted by atomic mass is 32.2. The van der Waals surface area contributed by atoms with E-state index in [-0.39, 0.29) is 5.75 Å². The molecule has 2 aromatic carbocycles. The number of hydrogen-bond acceptors (Lipinski definition) is 7. The van der Waals surface area contributed by atoms with Crippen LogP contribution in [-0.4, -0.2) is 25.1 Å². The maximum Gasteiger partial charge on any atom is 0.408 e. The molecule has 10 heteroatoms. The zero-order chi connectivity index (χ0) is 23.4. The van der Waals surface area contributed by atoms with Gasteiger partial charge in [0.15, 0.2) is 0 Å². The van der Waals surface area contributed by atoms with E-state index in [0.717, 1.165) is 21.0 Å². The number of ether oxygens (including phenoxy) is 1. The second kappa shape index (κ2) is 9.68. The summed E-state index contributed by atoms with van der Waals surface area (Å²) in [6, 6.07) is 15.8. The van der Waals surface area contributed by atoms with Gasteiger partial charge in [0.2, 0.25) is 0 Å². The van der Waals surface area contributed by atoms with Crippen molar-refractivity contribution in [3.63, 3.8) is 0 Å². The van der Waals surface area contributed by atoms with Crippen molar-refractivity contribution in [1.29, 1.82) is 0 Å². The minimum Gasteiger partial charge on any atom is -0.444 e. The molecule has 170 valence electrons. The Hall–Kier alpha value is -2.95. The van der Waals surface area contributed by atoms with E-state index in [0.29, 0.717) is 6.42 Å². The lowest BCUT2D eigenvalue weighted by molar-refractivity contribution is 0.0503. The van der Waals surface area contributed by atoms with Gasteiger partial charge in [-0.05, 0) is 50.5 Å². The molecule has 1 heterocycles. The van der Waals surface area contributed by atoms with Crippen LogP contribution in [0.4, 0.5) is 4.79 Å². The van der Waals surface area contributed by atoms with Gasteiger partial charge in [-0.1, -0.05) is 42.5 Å². The highest BCUT2D eigenvalue weighted by Crippen LogP contribution is 2.31. The molecule has 0 aliphatic carbocycles. The molecule has 1 atom stereocenters. The standard InChI is InChI=1S/C22H25N3O5S2/c1-22(2,3)29-21(26)25-18(13-15-9-11-17(12-10-15)30-32(23,27)28)20-24-14-19(31-20)16-7-5-4-6-8-16/h4-12,14,18H,13H2,1-3H3,(H,25,26)(H2,23,27,28). The van der Waals surface area contributed by atoms with Crippen molar-refractivity contribution in [3.8, 4) is 16.2 Å². The molecule has 1 unspecified atom stereocenters. The summed E-state index contributed by atoms with van der Waals surface area (Å²) in [5.74, 6) is 0.105. The lowest BCUT2D eigenvalue weighted by Gasteiger charge is -2.23. The van der Waals surface area contributed by atoms with Crippen LogP contribution < -0.4 is 14.6 Å². The molecule has 1 amide bonds. The molecule has 0 saturated carbocycles. The van der Waals surface area contributed by atoms with Crippen LogP contribution in [0.3, 0.4) is 0 Å². The van der Waals surface area contributed by atoms with Crippen molar-refractivity contribution in [2.24, 2.45) is 5.14 Å². The van der Waals surface area contributed by atoms with E-state index >= 15 is 0 Å². The Bertz CT molecular complexity index is 1150. The van der Waals surface area contributed by atoms with Gasteiger partial charge >= 0.3 is 16.4 Å². The fourth-order valence-corrected chi connectivity index (χ4v) is 4.24. The number of benzene rings is 2. The van der Waals surface area contributed by atoms with E-state index in [1.165, 1.54) is 23.5 Å². The first-order valence-corrected chi connectivity index (χ1v) is 12.1. The second-order valence-corrected chi connectivity index (χ2v) is 10.3. The lowest BCUT2D eigenvalue weighted by atomic mass is 10.1. The molecule has 0 radical (unpaired) electrons. The van der Waals surface area contributed by atoms with Crippen LogP contribution in [-0.2, 0) is 21.5 Å². The van der Waals surface area contributed by atoms with Crippen LogP contribution in [0.5, 0.6) is 5.75 Å². The van der Waals surface area contributed by atoms with Crippen molar-refractivity contribution in [2.45, 2.75) is 38.8 Å². The predicted octanol–water partition coefficient (Wildman–Crippen LogP) is 4.20. The summed E-state index contributed by atoms with van der Waals surface area (Å²) in [6.45, 7) is 5.38. The number of rotatable bonds is 7. The van der Waals surface area contributed by atoms with Crippen LogP contribution in [0.2, 0.25) is 0 Å². The van der Waals surface area contributed by atoms with E-state index in [2.05, 4.69) is 14.5 Å². The van der Waals surface area contributed by atoms with Gasteiger partial charge < -0.3 is 14.2 Å². The van der Waals surface area contributed by atoms with E-state index in [1.54, 1.807) is 39.1 Å². The zero-order valence-electron chi connectivity index (χ0n) is 17.9. The Labute approximate surface area is 191 Å². The van der Waals surface area contributed by atoms with Gasteiger partial charge in [-0.3, -0.25) is 0 Å². The van der Waals surface area contributed by atoms with E-state index in [4.69, 9.17) is 9.88 Å². The number of thiazole rings is 1. The van der Waals surface area contributed by atoms with Crippen LogP contribution in [0.15, 0.2) is 60.8 Å². The van der Waals surface area contributed by atoms with Gasteiger partial charge in [-0.15, -0.1) is 11.3 Å². The monoisotopic (exact) mass is 475 g/mol. The summed E-state index contributed by atoms with van der Waals surface area (Å²) in [5.41, 5.74) is 1.24. The smallest absolute Gasteiger partial charge is 0.408 e. The molecule has 8 nitrogen and oxygen atoms in total. The van der Waals surface area contributed by atoms with Crippen molar-refractivity contribution >= 4 is 27.7 Å². The van der Waals surface area contributed by atoms with Crippen LogP contribution in [0.25, 0.3) is 10.4 Å². The molecule has 0 spiro atoms. The molecule has 3 N–H and O–H groups in total. The fourth-order valence-electron chi connectivity index (χ4n) is 2.89. The molecule has 0 aliphatic rings. The summed E-state index contributed by atoms with van der Waals surface area (Å²) in [6.07, 6.45) is 1.65. The number of carbonyl (C=O) groups excluding carboxylic acids is 1. The average molecular weight is 476 g/mol. The van der Waals surface area contributed by atoms with Gasteiger partial charge in [-0.2, -0.15) is 13.6 Å². The third-order valence-corrected chi connectivity index (χ3v) is 5.73. The van der Waals surface area contributed by atoms with E-state index < -0.39 is 28.0 Å². The topological polar surface area (TPSA) is 121 Å². The molecular formula is C22H25N3O5S2. The van der Waals surface area contributed by atoms with Crippen LogP contribution in [0.1, 0.15) is 37.4 Å². The van der Waals surface area contributed by atoms with E-state index in [9.17, 15) is 13.2 Å². The molecule has 0 bridgehead atoms. The molecule has 3 aromatic rings. The summed E-state index contributed by atoms with van der Waals surface area (Å²) in [4.78, 5) is 18.0. The average Bonchev–Trinajstić information content (AvgIpc) is 3.17. The SMILES string of the molecule is CC(C)(C)OC(=O)NC(Cc1ccc(OS(N)(=O)=O)cc1)c1ncc(-c2ccccc2)s1. The number of alkyl carbamates (subject to hydrolysis) is 1. The third kappa shape index (κ3) is 7.33. The first-order chi connectivity index (χ1) is 15.0. The second-order valence-electron chi connectivity index (χ2n) is 8.05. The summed E-state index contributed by atoms with van der Waals surface area (Å²) in [5, 5.41) is 8.52. The minimum absolute atomic E-state index is 0.105. The van der Waals surface area contributed by atoms with Gasteiger partial charge in [0.1, 0.15) is 16.4 Å². The Kier molecular flexibility index (Phi) is 7.17. The molecule has 0 fully saturated rings.